The Morgan fingerprint density at radius 3 is 2.12 bits per heavy atom. The fourth-order valence-electron chi connectivity index (χ4n) is 5.89. The molecule has 3 aliphatic rings. The third-order valence-electron chi connectivity index (χ3n) is 7.27. The first-order valence-corrected chi connectivity index (χ1v) is 10.8. The number of para-hydroxylation sites is 2. The third kappa shape index (κ3) is 1.77. The molecule has 0 saturated carbocycles. The zero-order valence-electron chi connectivity index (χ0n) is 17.8. The maximum absolute atomic E-state index is 14.2. The Balaban J connectivity index is 1.71. The molecule has 3 heterocycles. The average molecular weight is 449 g/mol. The van der Waals surface area contributed by atoms with Crippen molar-refractivity contribution in [2.24, 2.45) is 0 Å². The van der Waals surface area contributed by atoms with Crippen LogP contribution in [-0.2, 0) is 10.2 Å². The molecule has 2 spiro atoms. The highest BCUT2D eigenvalue weighted by molar-refractivity contribution is 6.38. The minimum atomic E-state index is -2.30. The smallest absolute Gasteiger partial charge is 0.344 e. The SMILES string of the molecule is CN1C(=O)[C@]2(c3ccccc31)c1c(c3ccccc3oc1=O)OC21C(=O)c2ccccc2C1=O. The fourth-order valence-corrected chi connectivity index (χ4v) is 5.89. The number of hydrogen-bond acceptors (Lipinski definition) is 6. The number of hydrogen-bond donors (Lipinski definition) is 0. The molecule has 0 saturated heterocycles. The molecule has 0 bridgehead atoms. The summed E-state index contributed by atoms with van der Waals surface area (Å²) in [5, 5.41) is 0.407. The van der Waals surface area contributed by atoms with E-state index in [4.69, 9.17) is 9.15 Å². The van der Waals surface area contributed by atoms with Crippen LogP contribution in [0.3, 0.4) is 0 Å². The van der Waals surface area contributed by atoms with Crippen molar-refractivity contribution in [2.75, 3.05) is 11.9 Å². The number of nitrogens with zero attached hydrogens (tertiary/aromatic N) is 1. The topological polar surface area (TPSA) is 93.9 Å². The highest BCUT2D eigenvalue weighted by atomic mass is 16.5. The summed E-state index contributed by atoms with van der Waals surface area (Å²) in [6.45, 7) is 0. The van der Waals surface area contributed by atoms with Gasteiger partial charge in [-0.15, -0.1) is 0 Å². The lowest BCUT2D eigenvalue weighted by Crippen LogP contribution is -2.64. The Morgan fingerprint density at radius 1 is 0.765 bits per heavy atom. The van der Waals surface area contributed by atoms with Gasteiger partial charge < -0.3 is 14.1 Å². The number of ether oxygens (including phenoxy) is 1. The number of carbonyl (C=O) groups is 3. The predicted molar refractivity (Wildman–Crippen MR) is 122 cm³/mol. The number of rotatable bonds is 0. The second-order valence-corrected chi connectivity index (χ2v) is 8.71. The van der Waals surface area contributed by atoms with Gasteiger partial charge in [0.1, 0.15) is 16.9 Å². The van der Waals surface area contributed by atoms with E-state index < -0.39 is 34.1 Å². The predicted octanol–water partition coefficient (Wildman–Crippen LogP) is 3.27. The number of Topliss-reactive ketones (excluding diaryl/α,β-unsaturated/α-hetero) is 2. The molecule has 1 amide bonds. The van der Waals surface area contributed by atoms with Crippen LogP contribution in [0.1, 0.15) is 31.8 Å². The Morgan fingerprint density at radius 2 is 1.38 bits per heavy atom. The molecule has 7 rings (SSSR count). The summed E-state index contributed by atoms with van der Waals surface area (Å²) < 4.78 is 12.0. The van der Waals surface area contributed by atoms with Gasteiger partial charge in [0.05, 0.1) is 5.39 Å². The molecule has 4 aromatic rings. The van der Waals surface area contributed by atoms with Gasteiger partial charge in [-0.3, -0.25) is 14.4 Å². The van der Waals surface area contributed by atoms with E-state index in [1.807, 2.05) is 0 Å². The van der Waals surface area contributed by atoms with Crippen molar-refractivity contribution in [3.8, 4) is 5.75 Å². The van der Waals surface area contributed by atoms with E-state index in [0.717, 1.165) is 0 Å². The van der Waals surface area contributed by atoms with Crippen LogP contribution < -0.4 is 15.3 Å². The van der Waals surface area contributed by atoms with Crippen LogP contribution in [0.25, 0.3) is 11.0 Å². The molecular weight excluding hydrogens is 434 g/mol. The van der Waals surface area contributed by atoms with Crippen molar-refractivity contribution >= 4 is 34.1 Å². The first kappa shape index (κ1) is 19.0. The van der Waals surface area contributed by atoms with E-state index in [1.165, 1.54) is 4.90 Å². The molecular formula is C27H15NO6. The van der Waals surface area contributed by atoms with E-state index in [-0.39, 0.29) is 28.0 Å². The third-order valence-corrected chi connectivity index (χ3v) is 7.27. The maximum Gasteiger partial charge on any atom is 0.344 e. The van der Waals surface area contributed by atoms with Crippen LogP contribution in [0.4, 0.5) is 5.69 Å². The van der Waals surface area contributed by atoms with Crippen LogP contribution >= 0.6 is 0 Å². The van der Waals surface area contributed by atoms with Gasteiger partial charge in [-0.25, -0.2) is 4.79 Å². The molecule has 1 aliphatic carbocycles. The summed E-state index contributed by atoms with van der Waals surface area (Å²) >= 11 is 0. The largest absolute Gasteiger partial charge is 0.467 e. The van der Waals surface area contributed by atoms with E-state index in [9.17, 15) is 19.2 Å². The zero-order valence-corrected chi connectivity index (χ0v) is 17.8. The van der Waals surface area contributed by atoms with E-state index in [1.54, 1.807) is 79.8 Å². The Labute approximate surface area is 192 Å². The van der Waals surface area contributed by atoms with Gasteiger partial charge in [0.15, 0.2) is 5.41 Å². The fraction of sp³-hybridized carbons (Fsp3) is 0.111. The second-order valence-electron chi connectivity index (χ2n) is 8.71. The molecule has 7 heteroatoms. The highest BCUT2D eigenvalue weighted by Crippen LogP contribution is 2.62. The van der Waals surface area contributed by atoms with Crippen molar-refractivity contribution in [1.82, 2.24) is 0 Å². The number of amides is 1. The molecule has 7 nitrogen and oxygen atoms in total. The van der Waals surface area contributed by atoms with Crippen LogP contribution in [0.5, 0.6) is 5.75 Å². The number of likely N-dealkylation sites (N-methyl/N-ethyl adjacent to an activating group) is 1. The minimum absolute atomic E-state index is 0.0276. The van der Waals surface area contributed by atoms with Gasteiger partial charge in [-0.05, 0) is 18.2 Å². The van der Waals surface area contributed by atoms with Crippen molar-refractivity contribution in [1.29, 1.82) is 0 Å². The quantitative estimate of drug-likeness (QED) is 0.302. The van der Waals surface area contributed by atoms with Crippen molar-refractivity contribution in [2.45, 2.75) is 11.0 Å². The summed E-state index contributed by atoms with van der Waals surface area (Å²) in [7, 11) is 1.56. The summed E-state index contributed by atoms with van der Waals surface area (Å²) in [5.74, 6) is -1.86. The first-order valence-electron chi connectivity index (χ1n) is 10.8. The average Bonchev–Trinajstić information content (AvgIpc) is 3.39. The van der Waals surface area contributed by atoms with Gasteiger partial charge in [0.2, 0.25) is 17.5 Å². The molecule has 0 unspecified atom stereocenters. The summed E-state index contributed by atoms with van der Waals surface area (Å²) in [6.07, 6.45) is 0. The molecule has 1 aromatic heterocycles. The van der Waals surface area contributed by atoms with Gasteiger partial charge in [0, 0.05) is 29.4 Å². The first-order chi connectivity index (χ1) is 16.4. The summed E-state index contributed by atoms with van der Waals surface area (Å²) in [6, 6.07) is 19.9. The van der Waals surface area contributed by atoms with Crippen molar-refractivity contribution in [3.63, 3.8) is 0 Å². The van der Waals surface area contributed by atoms with Crippen LogP contribution in [-0.4, -0.2) is 30.1 Å². The van der Waals surface area contributed by atoms with E-state index in [2.05, 4.69) is 0 Å². The number of anilines is 1. The van der Waals surface area contributed by atoms with E-state index in [0.29, 0.717) is 16.6 Å². The zero-order chi connectivity index (χ0) is 23.4. The lowest BCUT2D eigenvalue weighted by Gasteiger charge is -2.34. The Bertz CT molecular complexity index is 1660. The molecule has 34 heavy (non-hydrogen) atoms. The molecule has 0 fully saturated rings. The van der Waals surface area contributed by atoms with E-state index >= 15 is 0 Å². The van der Waals surface area contributed by atoms with Gasteiger partial charge in [0.25, 0.3) is 5.60 Å². The molecule has 0 radical (unpaired) electrons. The molecule has 164 valence electrons. The maximum atomic E-state index is 14.2. The lowest BCUT2D eigenvalue weighted by molar-refractivity contribution is -0.124. The highest BCUT2D eigenvalue weighted by Gasteiger charge is 2.79. The summed E-state index contributed by atoms with van der Waals surface area (Å²) in [4.78, 5) is 57.3. The van der Waals surface area contributed by atoms with Crippen LogP contribution in [0.2, 0.25) is 0 Å². The molecule has 3 aromatic carbocycles. The number of fused-ring (bicyclic) bond motifs is 8. The molecule has 0 N–H and O–H groups in total. The molecule has 2 aliphatic heterocycles. The van der Waals surface area contributed by atoms with Gasteiger partial charge in [-0.1, -0.05) is 54.6 Å². The standard InChI is InChI=1S/C27H15NO6/c1-28-18-12-6-5-11-17(18)26(25(28)32)20-21(16-10-4-7-13-19(16)33-24(20)31)34-27(26)22(29)14-8-2-3-9-15(14)23(27)30/h2-13H,1H3/t26-/m0/s1. The Kier molecular flexibility index (Phi) is 3.28. The van der Waals surface area contributed by atoms with Crippen LogP contribution in [0.15, 0.2) is 82.0 Å². The second kappa shape index (κ2) is 5.88. The number of carbonyl (C=O) groups excluding carboxylic acids is 3. The Hall–Kier alpha value is -4.52. The van der Waals surface area contributed by atoms with Gasteiger partial charge >= 0.3 is 5.63 Å². The van der Waals surface area contributed by atoms with Crippen LogP contribution in [0, 0.1) is 0 Å². The normalized spacial score (nSPS) is 21.3. The van der Waals surface area contributed by atoms with Gasteiger partial charge in [-0.2, -0.15) is 0 Å². The lowest BCUT2D eigenvalue weighted by atomic mass is 9.63. The number of ketones is 2. The summed E-state index contributed by atoms with van der Waals surface area (Å²) in [5.41, 5.74) is -3.85. The minimum Gasteiger partial charge on any atom is -0.467 e. The van der Waals surface area contributed by atoms with Crippen molar-refractivity contribution in [3.05, 3.63) is 105 Å². The number of benzene rings is 3. The monoisotopic (exact) mass is 449 g/mol. The molecule has 1 atom stereocenters. The van der Waals surface area contributed by atoms with Crippen molar-refractivity contribution < 1.29 is 23.5 Å².